The molecule has 3 rings (SSSR count). The average molecular weight is 305 g/mol. The molecule has 122 valence electrons. The molecule has 1 saturated carbocycles. The van der Waals surface area contributed by atoms with Crippen LogP contribution in [0, 0.1) is 23.2 Å². The van der Waals surface area contributed by atoms with Gasteiger partial charge in [-0.1, -0.05) is 19.3 Å². The minimum absolute atomic E-state index is 0.0556. The number of likely N-dealkylation sites (tertiary alicyclic amines) is 1. The van der Waals surface area contributed by atoms with Gasteiger partial charge in [0, 0.05) is 25.1 Å². The van der Waals surface area contributed by atoms with Crippen molar-refractivity contribution in [1.29, 1.82) is 5.26 Å². The number of nitrogens with zero attached hydrogens (tertiary/aromatic N) is 2. The van der Waals surface area contributed by atoms with Crippen LogP contribution in [-0.4, -0.2) is 49.2 Å². The number of hydrogen-bond acceptors (Lipinski definition) is 4. The lowest BCUT2D eigenvalue weighted by atomic mass is 9.94. The molecule has 2 heterocycles. The third-order valence-electron chi connectivity index (χ3n) is 5.55. The fraction of sp³-hybridized carbons (Fsp3) is 0.882. The Balaban J connectivity index is 1.49. The van der Waals surface area contributed by atoms with E-state index < -0.39 is 6.04 Å². The van der Waals surface area contributed by atoms with Gasteiger partial charge in [-0.25, -0.2) is 0 Å². The van der Waals surface area contributed by atoms with E-state index in [1.165, 1.54) is 32.1 Å². The Morgan fingerprint density at radius 1 is 1.23 bits per heavy atom. The number of ether oxygens (including phenoxy) is 1. The summed E-state index contributed by atoms with van der Waals surface area (Å²) in [6.07, 6.45) is 8.40. The first-order valence-electron chi connectivity index (χ1n) is 8.79. The summed E-state index contributed by atoms with van der Waals surface area (Å²) in [4.78, 5) is 15.0. The van der Waals surface area contributed by atoms with Crippen molar-refractivity contribution in [3.8, 4) is 6.07 Å². The Morgan fingerprint density at radius 2 is 2.05 bits per heavy atom. The Morgan fingerprint density at radius 3 is 2.73 bits per heavy atom. The van der Waals surface area contributed by atoms with E-state index in [1.807, 2.05) is 0 Å². The number of amides is 1. The van der Waals surface area contributed by atoms with Gasteiger partial charge in [0.05, 0.1) is 18.6 Å². The summed E-state index contributed by atoms with van der Waals surface area (Å²) in [7, 11) is 0. The van der Waals surface area contributed by atoms with Gasteiger partial charge in [-0.15, -0.1) is 0 Å². The summed E-state index contributed by atoms with van der Waals surface area (Å²) in [5.74, 6) is 0.279. The third kappa shape index (κ3) is 3.61. The van der Waals surface area contributed by atoms with E-state index in [1.54, 1.807) is 0 Å². The van der Waals surface area contributed by atoms with Gasteiger partial charge in [0.2, 0.25) is 5.91 Å². The van der Waals surface area contributed by atoms with E-state index >= 15 is 0 Å². The van der Waals surface area contributed by atoms with Crippen molar-refractivity contribution >= 4 is 5.91 Å². The van der Waals surface area contributed by atoms with E-state index in [0.29, 0.717) is 19.3 Å². The van der Waals surface area contributed by atoms with Crippen LogP contribution < -0.4 is 5.32 Å². The van der Waals surface area contributed by atoms with Crippen molar-refractivity contribution in [3.05, 3.63) is 0 Å². The topological polar surface area (TPSA) is 65.4 Å². The molecule has 1 N–H and O–H groups in total. The fourth-order valence-corrected chi connectivity index (χ4v) is 4.12. The van der Waals surface area contributed by atoms with Gasteiger partial charge < -0.3 is 10.1 Å². The van der Waals surface area contributed by atoms with Crippen LogP contribution in [0.4, 0.5) is 0 Å². The van der Waals surface area contributed by atoms with E-state index in [2.05, 4.69) is 16.3 Å². The molecule has 0 aromatic heterocycles. The number of carbonyl (C=O) groups excluding carboxylic acids is 1. The zero-order valence-electron chi connectivity index (χ0n) is 13.3. The average Bonchev–Trinajstić information content (AvgIpc) is 3.24. The molecule has 2 saturated heterocycles. The van der Waals surface area contributed by atoms with Crippen LogP contribution in [0.5, 0.6) is 0 Å². The predicted octanol–water partition coefficient (Wildman–Crippen LogP) is 1.69. The van der Waals surface area contributed by atoms with Gasteiger partial charge in [-0.3, -0.25) is 9.69 Å². The number of nitriles is 1. The quantitative estimate of drug-likeness (QED) is 0.858. The van der Waals surface area contributed by atoms with Gasteiger partial charge in [0.15, 0.2) is 0 Å². The molecule has 0 spiro atoms. The van der Waals surface area contributed by atoms with Crippen LogP contribution in [0.25, 0.3) is 0 Å². The minimum Gasteiger partial charge on any atom is -0.381 e. The Labute approximate surface area is 133 Å². The van der Waals surface area contributed by atoms with Gasteiger partial charge in [-0.05, 0) is 32.2 Å². The van der Waals surface area contributed by atoms with Crippen molar-refractivity contribution < 1.29 is 9.53 Å². The zero-order chi connectivity index (χ0) is 15.4. The van der Waals surface area contributed by atoms with Crippen molar-refractivity contribution in [2.24, 2.45) is 11.8 Å². The standard InChI is InChI=1S/C17H27N3O2/c18-10-16(14-7-9-22-12-14)19-17(21)13-6-8-20(11-13)15-4-2-1-3-5-15/h13-16H,1-9,11-12H2,(H,19,21)/t13-,14+,16+/m1/s1. The molecular formula is C17H27N3O2. The number of rotatable bonds is 4. The van der Waals surface area contributed by atoms with Crippen LogP contribution in [0.15, 0.2) is 0 Å². The molecule has 3 atom stereocenters. The summed E-state index contributed by atoms with van der Waals surface area (Å²) in [6.45, 7) is 3.21. The molecule has 0 bridgehead atoms. The van der Waals surface area contributed by atoms with Crippen molar-refractivity contribution in [3.63, 3.8) is 0 Å². The molecule has 1 amide bonds. The molecule has 0 aromatic rings. The van der Waals surface area contributed by atoms with Gasteiger partial charge >= 0.3 is 0 Å². The monoisotopic (exact) mass is 305 g/mol. The SMILES string of the molecule is N#C[C@H](NC(=O)[C@@H]1CCN(C2CCCCC2)C1)[C@H]1CCOC1. The first-order chi connectivity index (χ1) is 10.8. The highest BCUT2D eigenvalue weighted by atomic mass is 16.5. The van der Waals surface area contributed by atoms with Crippen LogP contribution in [0.2, 0.25) is 0 Å². The first kappa shape index (κ1) is 15.8. The largest absolute Gasteiger partial charge is 0.381 e. The van der Waals surface area contributed by atoms with E-state index in [9.17, 15) is 10.1 Å². The van der Waals surface area contributed by atoms with Crippen LogP contribution in [0.1, 0.15) is 44.9 Å². The summed E-state index contributed by atoms with van der Waals surface area (Å²) < 4.78 is 5.33. The first-order valence-corrected chi connectivity index (χ1v) is 8.79. The molecule has 1 aliphatic carbocycles. The second kappa shape index (κ2) is 7.43. The number of hydrogen-bond donors (Lipinski definition) is 1. The van der Waals surface area contributed by atoms with Crippen molar-refractivity contribution in [2.45, 2.75) is 57.0 Å². The molecule has 22 heavy (non-hydrogen) atoms. The molecule has 3 fully saturated rings. The smallest absolute Gasteiger partial charge is 0.225 e. The van der Waals surface area contributed by atoms with Gasteiger partial charge in [0.25, 0.3) is 0 Å². The van der Waals surface area contributed by atoms with Crippen LogP contribution in [0.3, 0.4) is 0 Å². The van der Waals surface area contributed by atoms with E-state index in [0.717, 1.165) is 25.9 Å². The molecule has 0 unspecified atom stereocenters. The maximum absolute atomic E-state index is 12.5. The Kier molecular flexibility index (Phi) is 5.32. The highest BCUT2D eigenvalue weighted by Gasteiger charge is 2.35. The van der Waals surface area contributed by atoms with Crippen LogP contribution >= 0.6 is 0 Å². The zero-order valence-corrected chi connectivity index (χ0v) is 13.3. The molecule has 2 aliphatic heterocycles. The Hall–Kier alpha value is -1.12. The second-order valence-corrected chi connectivity index (χ2v) is 7.01. The predicted molar refractivity (Wildman–Crippen MR) is 83.0 cm³/mol. The highest BCUT2D eigenvalue weighted by Crippen LogP contribution is 2.28. The molecular weight excluding hydrogens is 278 g/mol. The molecule has 3 aliphatic rings. The van der Waals surface area contributed by atoms with E-state index in [4.69, 9.17) is 4.74 Å². The van der Waals surface area contributed by atoms with Crippen molar-refractivity contribution in [1.82, 2.24) is 10.2 Å². The lowest BCUT2D eigenvalue weighted by molar-refractivity contribution is -0.125. The molecule has 0 aromatic carbocycles. The minimum atomic E-state index is -0.390. The normalized spacial score (nSPS) is 31.8. The fourth-order valence-electron chi connectivity index (χ4n) is 4.12. The molecule has 5 heteroatoms. The summed E-state index contributed by atoms with van der Waals surface area (Å²) in [6, 6.07) is 2.54. The summed E-state index contributed by atoms with van der Waals surface area (Å²) in [5.41, 5.74) is 0. The molecule has 0 radical (unpaired) electrons. The van der Waals surface area contributed by atoms with Crippen LogP contribution in [-0.2, 0) is 9.53 Å². The van der Waals surface area contributed by atoms with Gasteiger partial charge in [-0.2, -0.15) is 5.26 Å². The lowest BCUT2D eigenvalue weighted by Crippen LogP contribution is -2.44. The van der Waals surface area contributed by atoms with E-state index in [-0.39, 0.29) is 17.7 Å². The molecule has 5 nitrogen and oxygen atoms in total. The lowest BCUT2D eigenvalue weighted by Gasteiger charge is -2.31. The second-order valence-electron chi connectivity index (χ2n) is 7.01. The van der Waals surface area contributed by atoms with Gasteiger partial charge in [0.1, 0.15) is 6.04 Å². The summed E-state index contributed by atoms with van der Waals surface area (Å²) >= 11 is 0. The summed E-state index contributed by atoms with van der Waals surface area (Å²) in [5, 5.41) is 12.3. The maximum atomic E-state index is 12.5. The van der Waals surface area contributed by atoms with Crippen molar-refractivity contribution in [2.75, 3.05) is 26.3 Å². The Bertz CT molecular complexity index is 422. The number of nitrogens with one attached hydrogen (secondary N) is 1. The maximum Gasteiger partial charge on any atom is 0.225 e. The number of carbonyl (C=O) groups is 1. The third-order valence-corrected chi connectivity index (χ3v) is 5.55. The highest BCUT2D eigenvalue weighted by molar-refractivity contribution is 5.79.